The SMILES string of the molecule is CC(C)c1noc(COC(=O)c2cccc(S(=O)(=O)N3CCc4ccccc43)c2)n1. The Balaban J connectivity index is 1.51. The lowest BCUT2D eigenvalue weighted by molar-refractivity contribution is 0.0429. The normalized spacial score (nSPS) is 13.5. The Morgan fingerprint density at radius 2 is 2.00 bits per heavy atom. The van der Waals surface area contributed by atoms with E-state index in [9.17, 15) is 13.2 Å². The molecule has 0 bridgehead atoms. The molecule has 9 heteroatoms. The van der Waals surface area contributed by atoms with Crippen molar-refractivity contribution in [1.82, 2.24) is 10.1 Å². The summed E-state index contributed by atoms with van der Waals surface area (Å²) in [6.07, 6.45) is 0.652. The molecule has 1 aliphatic rings. The van der Waals surface area contributed by atoms with Gasteiger partial charge in [0.05, 0.1) is 16.1 Å². The number of rotatable bonds is 6. The van der Waals surface area contributed by atoms with Gasteiger partial charge in [0.2, 0.25) is 0 Å². The third-order valence-corrected chi connectivity index (χ3v) is 6.64. The molecule has 4 rings (SSSR count). The Kier molecular flexibility index (Phi) is 5.29. The smallest absolute Gasteiger partial charge is 0.338 e. The summed E-state index contributed by atoms with van der Waals surface area (Å²) >= 11 is 0. The Labute approximate surface area is 174 Å². The quantitative estimate of drug-likeness (QED) is 0.556. The third kappa shape index (κ3) is 3.80. The lowest BCUT2D eigenvalue weighted by atomic mass is 10.2. The highest BCUT2D eigenvalue weighted by Crippen LogP contribution is 2.32. The van der Waals surface area contributed by atoms with E-state index in [-0.39, 0.29) is 28.9 Å². The first kappa shape index (κ1) is 20.1. The average Bonchev–Trinajstić information content (AvgIpc) is 3.39. The van der Waals surface area contributed by atoms with Gasteiger partial charge in [-0.3, -0.25) is 4.31 Å². The highest BCUT2D eigenvalue weighted by molar-refractivity contribution is 7.92. The molecule has 0 fully saturated rings. The maximum absolute atomic E-state index is 13.2. The minimum absolute atomic E-state index is 0.0357. The van der Waals surface area contributed by atoms with E-state index in [1.54, 1.807) is 6.07 Å². The van der Waals surface area contributed by atoms with Gasteiger partial charge in [-0.1, -0.05) is 43.3 Å². The topological polar surface area (TPSA) is 103 Å². The number of sulfonamides is 1. The van der Waals surface area contributed by atoms with Gasteiger partial charge in [0, 0.05) is 12.5 Å². The lowest BCUT2D eigenvalue weighted by Gasteiger charge is -2.19. The van der Waals surface area contributed by atoms with Crippen molar-refractivity contribution in [2.24, 2.45) is 0 Å². The minimum atomic E-state index is -3.80. The number of carbonyl (C=O) groups is 1. The molecular weight excluding hydrogens is 406 g/mol. The van der Waals surface area contributed by atoms with Gasteiger partial charge in [0.25, 0.3) is 15.9 Å². The summed E-state index contributed by atoms with van der Waals surface area (Å²) in [4.78, 5) is 16.6. The van der Waals surface area contributed by atoms with Crippen molar-refractivity contribution in [3.8, 4) is 0 Å². The van der Waals surface area contributed by atoms with Crippen molar-refractivity contribution in [3.63, 3.8) is 0 Å². The van der Waals surface area contributed by atoms with Crippen LogP contribution in [-0.2, 0) is 27.8 Å². The van der Waals surface area contributed by atoms with E-state index >= 15 is 0 Å². The molecule has 0 spiro atoms. The number of hydrogen-bond acceptors (Lipinski definition) is 7. The van der Waals surface area contributed by atoms with E-state index in [1.165, 1.54) is 28.6 Å². The standard InChI is InChI=1S/C21H21N3O5S/c1-14(2)20-22-19(29-23-20)13-28-21(25)16-7-5-8-17(12-16)30(26,27)24-11-10-15-6-3-4-9-18(15)24/h3-9,12,14H,10-11,13H2,1-2H3. The van der Waals surface area contributed by atoms with E-state index in [0.717, 1.165) is 5.56 Å². The van der Waals surface area contributed by atoms with Gasteiger partial charge in [-0.2, -0.15) is 4.98 Å². The van der Waals surface area contributed by atoms with Gasteiger partial charge < -0.3 is 9.26 Å². The van der Waals surface area contributed by atoms with Crippen molar-refractivity contribution < 1.29 is 22.5 Å². The van der Waals surface area contributed by atoms with Crippen molar-refractivity contribution >= 4 is 21.7 Å². The molecule has 0 saturated carbocycles. The van der Waals surface area contributed by atoms with Crippen LogP contribution in [0.2, 0.25) is 0 Å². The third-order valence-electron chi connectivity index (χ3n) is 4.83. The van der Waals surface area contributed by atoms with E-state index in [1.807, 2.05) is 32.0 Å². The van der Waals surface area contributed by atoms with Gasteiger partial charge in [0.1, 0.15) is 0 Å². The van der Waals surface area contributed by atoms with Gasteiger partial charge in [0.15, 0.2) is 12.4 Å². The maximum atomic E-state index is 13.2. The van der Waals surface area contributed by atoms with Crippen LogP contribution < -0.4 is 4.31 Å². The Bertz CT molecular complexity index is 1190. The number of benzene rings is 2. The summed E-state index contributed by atoms with van der Waals surface area (Å²) < 4.78 is 38.0. The first-order chi connectivity index (χ1) is 14.4. The molecule has 2 heterocycles. The molecule has 8 nitrogen and oxygen atoms in total. The fourth-order valence-electron chi connectivity index (χ4n) is 3.24. The second-order valence-electron chi connectivity index (χ2n) is 7.26. The molecule has 0 N–H and O–H groups in total. The minimum Gasteiger partial charge on any atom is -0.452 e. The molecule has 3 aromatic rings. The summed E-state index contributed by atoms with van der Waals surface area (Å²) in [7, 11) is -3.80. The van der Waals surface area contributed by atoms with Crippen LogP contribution in [0.25, 0.3) is 0 Å². The molecule has 30 heavy (non-hydrogen) atoms. The molecule has 156 valence electrons. The van der Waals surface area contributed by atoms with E-state index in [2.05, 4.69) is 10.1 Å². The second-order valence-corrected chi connectivity index (χ2v) is 9.12. The lowest BCUT2D eigenvalue weighted by Crippen LogP contribution is -2.29. The molecule has 0 unspecified atom stereocenters. The van der Waals surface area contributed by atoms with Gasteiger partial charge >= 0.3 is 5.97 Å². The molecule has 0 saturated heterocycles. The summed E-state index contributed by atoms with van der Waals surface area (Å²) in [5.74, 6) is 0.138. The zero-order chi connectivity index (χ0) is 21.3. The summed E-state index contributed by atoms with van der Waals surface area (Å²) in [6, 6.07) is 13.2. The van der Waals surface area contributed by atoms with Crippen molar-refractivity contribution in [2.45, 2.75) is 37.7 Å². The molecular formula is C21H21N3O5S. The van der Waals surface area contributed by atoms with Crippen LogP contribution in [0.5, 0.6) is 0 Å². The Morgan fingerprint density at radius 1 is 1.20 bits per heavy atom. The number of fused-ring (bicyclic) bond motifs is 1. The van der Waals surface area contributed by atoms with Crippen LogP contribution in [0.3, 0.4) is 0 Å². The summed E-state index contributed by atoms with van der Waals surface area (Å²) in [6.45, 7) is 4.03. The van der Waals surface area contributed by atoms with Gasteiger partial charge in [-0.15, -0.1) is 0 Å². The first-order valence-electron chi connectivity index (χ1n) is 9.56. The first-order valence-corrected chi connectivity index (χ1v) is 11.0. The maximum Gasteiger partial charge on any atom is 0.338 e. The monoisotopic (exact) mass is 427 g/mol. The number of carbonyl (C=O) groups excluding carboxylic acids is 1. The number of ether oxygens (including phenoxy) is 1. The van der Waals surface area contributed by atoms with Crippen LogP contribution in [0.1, 0.15) is 47.4 Å². The van der Waals surface area contributed by atoms with E-state index < -0.39 is 16.0 Å². The Morgan fingerprint density at radius 3 is 2.77 bits per heavy atom. The molecule has 1 aliphatic heterocycles. The zero-order valence-corrected chi connectivity index (χ0v) is 17.4. The van der Waals surface area contributed by atoms with E-state index in [4.69, 9.17) is 9.26 Å². The van der Waals surface area contributed by atoms with E-state index in [0.29, 0.717) is 24.5 Å². The Hall–Kier alpha value is -3.20. The molecule has 2 aromatic carbocycles. The zero-order valence-electron chi connectivity index (χ0n) is 16.6. The average molecular weight is 427 g/mol. The fourth-order valence-corrected chi connectivity index (χ4v) is 4.79. The van der Waals surface area contributed by atoms with Crippen LogP contribution in [0, 0.1) is 0 Å². The number of esters is 1. The number of para-hydroxylation sites is 1. The largest absolute Gasteiger partial charge is 0.452 e. The molecule has 0 amide bonds. The number of hydrogen-bond donors (Lipinski definition) is 0. The number of anilines is 1. The highest BCUT2D eigenvalue weighted by Gasteiger charge is 2.31. The molecule has 0 atom stereocenters. The fraction of sp³-hybridized carbons (Fsp3) is 0.286. The number of aromatic nitrogens is 2. The van der Waals surface area contributed by atoms with Crippen molar-refractivity contribution in [2.75, 3.05) is 10.8 Å². The second kappa shape index (κ2) is 7.91. The van der Waals surface area contributed by atoms with Crippen molar-refractivity contribution in [1.29, 1.82) is 0 Å². The van der Waals surface area contributed by atoms with Gasteiger partial charge in [-0.05, 0) is 36.2 Å². The molecule has 0 aliphatic carbocycles. The van der Waals surface area contributed by atoms with Crippen LogP contribution in [-0.4, -0.2) is 31.1 Å². The van der Waals surface area contributed by atoms with Crippen molar-refractivity contribution in [3.05, 3.63) is 71.4 Å². The summed E-state index contributed by atoms with van der Waals surface area (Å²) in [5, 5.41) is 3.81. The van der Waals surface area contributed by atoms with Gasteiger partial charge in [-0.25, -0.2) is 13.2 Å². The van der Waals surface area contributed by atoms with Crippen LogP contribution in [0.15, 0.2) is 57.9 Å². The highest BCUT2D eigenvalue weighted by atomic mass is 32.2. The number of nitrogens with zero attached hydrogens (tertiary/aromatic N) is 3. The molecule has 1 aromatic heterocycles. The van der Waals surface area contributed by atoms with Crippen LogP contribution in [0.4, 0.5) is 5.69 Å². The predicted octanol–water partition coefficient (Wildman–Crippen LogP) is 3.30. The molecule has 0 radical (unpaired) electrons. The van der Waals surface area contributed by atoms with Crippen LogP contribution >= 0.6 is 0 Å². The predicted molar refractivity (Wildman–Crippen MR) is 109 cm³/mol. The summed E-state index contributed by atoms with van der Waals surface area (Å²) in [5.41, 5.74) is 1.78.